The minimum Gasteiger partial charge on any atom is -0.492 e. The Hall–Kier alpha value is -5.25. The van der Waals surface area contributed by atoms with Gasteiger partial charge >= 0.3 is 11.9 Å². The number of unbranched alkanes of at least 4 members (excludes halogenated alkanes) is 18. The zero-order chi connectivity index (χ0) is 48.9. The molecule has 69 heavy (non-hydrogen) atoms. The van der Waals surface area contributed by atoms with E-state index in [0.717, 1.165) is 42.9 Å². The molecule has 0 aliphatic heterocycles. The van der Waals surface area contributed by atoms with Crippen LogP contribution in [0.15, 0.2) is 119 Å². The number of aliphatic imine (C=N–C) groups is 2. The third-order valence-corrected chi connectivity index (χ3v) is 12.5. The molecule has 8 nitrogen and oxygen atoms in total. The van der Waals surface area contributed by atoms with Crippen LogP contribution in [0.2, 0.25) is 10.0 Å². The van der Waals surface area contributed by atoms with E-state index in [2.05, 4.69) is 23.8 Å². The summed E-state index contributed by atoms with van der Waals surface area (Å²) in [5, 5.41) is 0.992. The van der Waals surface area contributed by atoms with Crippen LogP contribution in [0.1, 0.15) is 181 Å². The third kappa shape index (κ3) is 21.1. The van der Waals surface area contributed by atoms with Crippen LogP contribution >= 0.6 is 23.2 Å². The van der Waals surface area contributed by atoms with Crippen LogP contribution in [0.5, 0.6) is 11.5 Å². The molecule has 370 valence electrons. The largest absolute Gasteiger partial charge is 0.492 e. The van der Waals surface area contributed by atoms with E-state index in [9.17, 15) is 14.0 Å². The van der Waals surface area contributed by atoms with Crippen LogP contribution in [-0.2, 0) is 9.47 Å². The molecule has 0 amide bonds. The van der Waals surface area contributed by atoms with Gasteiger partial charge in [0.05, 0.1) is 45.8 Å². The molecule has 0 radical (unpaired) electrons. The SMILES string of the molecule is CCCCCCCCCCCCOc1ccc(N=Cc2ccc(C(=O)OC3=CC(OC(=O)c4ccc(C=Nc5ccc(OCCCCCCCCCCCC)c(Cl)c5)cc4)CC(F)=C3)cc2)cc1Cl. The Bertz CT molecular complexity index is 2290. The lowest BCUT2D eigenvalue weighted by atomic mass is 10.1. The van der Waals surface area contributed by atoms with E-state index in [1.807, 2.05) is 24.3 Å². The first-order chi connectivity index (χ1) is 33.7. The second-order valence-electron chi connectivity index (χ2n) is 17.7. The number of rotatable bonds is 32. The fourth-order valence-electron chi connectivity index (χ4n) is 7.83. The van der Waals surface area contributed by atoms with Crippen molar-refractivity contribution in [3.05, 3.63) is 141 Å². The van der Waals surface area contributed by atoms with Gasteiger partial charge in [0, 0.05) is 24.9 Å². The first-order valence-electron chi connectivity index (χ1n) is 25.3. The molecular formula is C58H71Cl2FN2O6. The number of ether oxygens (including phenoxy) is 4. The summed E-state index contributed by atoms with van der Waals surface area (Å²) < 4.78 is 37.7. The maximum Gasteiger partial charge on any atom is 0.343 e. The summed E-state index contributed by atoms with van der Waals surface area (Å²) in [5.74, 6) is -0.703. The first kappa shape index (κ1) is 54.7. The number of hydrogen-bond acceptors (Lipinski definition) is 8. The molecule has 1 aliphatic rings. The molecule has 0 spiro atoms. The summed E-state index contributed by atoms with van der Waals surface area (Å²) in [6.45, 7) is 5.75. The number of nitrogens with zero attached hydrogens (tertiary/aromatic N) is 2. The summed E-state index contributed by atoms with van der Waals surface area (Å²) in [6, 6.07) is 24.2. The normalized spacial score (nSPS) is 13.7. The second kappa shape index (κ2) is 31.8. The molecular weight excluding hydrogens is 911 g/mol. The smallest absolute Gasteiger partial charge is 0.343 e. The Balaban J connectivity index is 1.01. The Morgan fingerprint density at radius 3 is 1.39 bits per heavy atom. The average molecular weight is 982 g/mol. The summed E-state index contributed by atoms with van der Waals surface area (Å²) in [6.07, 6.45) is 30.0. The van der Waals surface area contributed by atoms with E-state index in [1.165, 1.54) is 109 Å². The summed E-state index contributed by atoms with van der Waals surface area (Å²) in [5.41, 5.74) is 3.34. The van der Waals surface area contributed by atoms with Gasteiger partial charge in [0.15, 0.2) is 0 Å². The Kier molecular flexibility index (Phi) is 25.2. The maximum atomic E-state index is 14.7. The van der Waals surface area contributed by atoms with Crippen LogP contribution in [0.25, 0.3) is 0 Å². The van der Waals surface area contributed by atoms with Gasteiger partial charge in [-0.2, -0.15) is 0 Å². The minimum atomic E-state index is -0.976. The number of carbonyl (C=O) groups excluding carboxylic acids is 2. The van der Waals surface area contributed by atoms with Crippen LogP contribution in [0.4, 0.5) is 15.8 Å². The number of allylic oxidation sites excluding steroid dienone is 1. The lowest BCUT2D eigenvalue weighted by Crippen LogP contribution is -2.20. The molecule has 4 aromatic rings. The van der Waals surface area contributed by atoms with E-state index >= 15 is 0 Å². The zero-order valence-corrected chi connectivity index (χ0v) is 42.2. The Morgan fingerprint density at radius 1 is 0.565 bits per heavy atom. The summed E-state index contributed by atoms with van der Waals surface area (Å²) in [7, 11) is 0. The summed E-state index contributed by atoms with van der Waals surface area (Å²) >= 11 is 13.0. The molecule has 0 saturated carbocycles. The molecule has 0 heterocycles. The van der Waals surface area contributed by atoms with Gasteiger partial charge in [-0.25, -0.2) is 14.0 Å². The quantitative estimate of drug-likeness (QED) is 0.0275. The number of hydrogen-bond donors (Lipinski definition) is 0. The molecule has 1 atom stereocenters. The molecule has 11 heteroatoms. The molecule has 0 saturated heterocycles. The van der Waals surface area contributed by atoms with Crippen molar-refractivity contribution >= 4 is 58.9 Å². The molecule has 0 fully saturated rings. The highest BCUT2D eigenvalue weighted by Crippen LogP contribution is 2.31. The Morgan fingerprint density at radius 2 is 0.971 bits per heavy atom. The second-order valence-corrected chi connectivity index (χ2v) is 18.6. The van der Waals surface area contributed by atoms with Gasteiger partial charge in [0.2, 0.25) is 0 Å². The summed E-state index contributed by atoms with van der Waals surface area (Å²) in [4.78, 5) is 35.1. The number of benzene rings is 4. The predicted molar refractivity (Wildman–Crippen MR) is 281 cm³/mol. The maximum absolute atomic E-state index is 14.7. The standard InChI is InChI=1S/C58H71Cl2FN2O6/c1-3-5-7-9-11-13-15-17-19-21-35-66-55-33-31-49(39-53(55)59)62-42-44-23-27-46(28-24-44)57(64)68-51-37-48(61)38-52(41-51)69-58(65)47-29-25-45(26-30-47)43-63-50-32-34-56(54(60)40-50)67-36-22-20-18-16-14-12-10-8-6-4-2/h23-34,37,39-43,52H,3-22,35-36,38H2,1-2H3. The van der Waals surface area contributed by atoms with Crippen molar-refractivity contribution < 1.29 is 32.9 Å². The van der Waals surface area contributed by atoms with Crippen molar-refractivity contribution in [1.29, 1.82) is 0 Å². The van der Waals surface area contributed by atoms with Crippen molar-refractivity contribution in [2.24, 2.45) is 9.98 Å². The molecule has 1 unspecified atom stereocenters. The van der Waals surface area contributed by atoms with Gasteiger partial charge in [-0.05, 0) is 90.7 Å². The molecule has 4 aromatic carbocycles. The zero-order valence-electron chi connectivity index (χ0n) is 40.7. The van der Waals surface area contributed by atoms with E-state index in [-0.39, 0.29) is 23.3 Å². The van der Waals surface area contributed by atoms with E-state index in [0.29, 0.717) is 46.1 Å². The van der Waals surface area contributed by atoms with Gasteiger partial charge in [0.25, 0.3) is 0 Å². The lowest BCUT2D eigenvalue weighted by molar-refractivity contribution is 0.0373. The molecule has 0 bridgehead atoms. The van der Waals surface area contributed by atoms with Gasteiger partial charge < -0.3 is 18.9 Å². The van der Waals surface area contributed by atoms with Crippen molar-refractivity contribution in [3.63, 3.8) is 0 Å². The van der Waals surface area contributed by atoms with Crippen molar-refractivity contribution in [1.82, 2.24) is 0 Å². The molecule has 0 N–H and O–H groups in total. The van der Waals surface area contributed by atoms with E-state index in [4.69, 9.17) is 42.1 Å². The van der Waals surface area contributed by atoms with E-state index < -0.39 is 23.9 Å². The fraction of sp³-hybridized carbons (Fsp3) is 0.448. The van der Waals surface area contributed by atoms with E-state index in [1.54, 1.807) is 73.1 Å². The Labute approximate surface area is 420 Å². The monoisotopic (exact) mass is 980 g/mol. The molecule has 5 rings (SSSR count). The van der Waals surface area contributed by atoms with Crippen LogP contribution in [0.3, 0.4) is 0 Å². The highest BCUT2D eigenvalue weighted by molar-refractivity contribution is 6.32. The first-order valence-corrected chi connectivity index (χ1v) is 26.1. The highest BCUT2D eigenvalue weighted by atomic mass is 35.5. The van der Waals surface area contributed by atoms with Crippen molar-refractivity contribution in [2.45, 2.75) is 155 Å². The van der Waals surface area contributed by atoms with Gasteiger partial charge in [-0.15, -0.1) is 0 Å². The van der Waals surface area contributed by atoms with Gasteiger partial charge in [0.1, 0.15) is 29.2 Å². The average Bonchev–Trinajstić information content (AvgIpc) is 3.34. The predicted octanol–water partition coefficient (Wildman–Crippen LogP) is 17.6. The molecule has 1 aliphatic carbocycles. The number of carbonyl (C=O) groups is 2. The lowest BCUT2D eigenvalue weighted by Gasteiger charge is -2.18. The molecule has 0 aromatic heterocycles. The van der Waals surface area contributed by atoms with Crippen LogP contribution < -0.4 is 9.47 Å². The highest BCUT2D eigenvalue weighted by Gasteiger charge is 2.23. The van der Waals surface area contributed by atoms with Crippen LogP contribution in [-0.4, -0.2) is 43.7 Å². The van der Waals surface area contributed by atoms with Crippen molar-refractivity contribution in [2.75, 3.05) is 13.2 Å². The van der Waals surface area contributed by atoms with Gasteiger partial charge in [-0.1, -0.05) is 177 Å². The topological polar surface area (TPSA) is 95.8 Å². The number of halogens is 3. The van der Waals surface area contributed by atoms with Crippen molar-refractivity contribution in [3.8, 4) is 11.5 Å². The fourth-order valence-corrected chi connectivity index (χ4v) is 8.29. The third-order valence-electron chi connectivity index (χ3n) is 11.9. The minimum absolute atomic E-state index is 0.0552. The number of esters is 2. The van der Waals surface area contributed by atoms with Gasteiger partial charge in [-0.3, -0.25) is 9.98 Å². The van der Waals surface area contributed by atoms with Crippen LogP contribution in [0, 0.1) is 0 Å².